The lowest BCUT2D eigenvalue weighted by Crippen LogP contribution is -2.01. The fourth-order valence-corrected chi connectivity index (χ4v) is 3.05. The van der Waals surface area contributed by atoms with Crippen molar-refractivity contribution in [2.75, 3.05) is 0 Å². The Kier molecular flexibility index (Phi) is 3.34. The van der Waals surface area contributed by atoms with Crippen molar-refractivity contribution in [2.24, 2.45) is 0 Å². The van der Waals surface area contributed by atoms with E-state index in [-0.39, 0.29) is 0 Å². The Balaban J connectivity index is 2.13. The Morgan fingerprint density at radius 3 is 2.67 bits per heavy atom. The molecule has 0 aliphatic heterocycles. The molecule has 1 heterocycles. The summed E-state index contributed by atoms with van der Waals surface area (Å²) < 4.78 is 3.06. The minimum Gasteiger partial charge on any atom is -0.307 e. The van der Waals surface area contributed by atoms with Gasteiger partial charge in [0.1, 0.15) is 5.82 Å². The molecular formula is C12H10BrCl2N3. The van der Waals surface area contributed by atoms with Crippen LogP contribution >= 0.6 is 39.1 Å². The van der Waals surface area contributed by atoms with Crippen LogP contribution in [0, 0.1) is 0 Å². The molecule has 3 rings (SSSR count). The van der Waals surface area contributed by atoms with Crippen LogP contribution in [0.2, 0.25) is 5.02 Å². The van der Waals surface area contributed by atoms with Gasteiger partial charge in [-0.2, -0.15) is 0 Å². The van der Waals surface area contributed by atoms with Crippen LogP contribution in [0.3, 0.4) is 0 Å². The lowest BCUT2D eigenvalue weighted by molar-refractivity contribution is 0.712. The quantitative estimate of drug-likeness (QED) is 0.769. The normalized spacial score (nSPS) is 15.1. The highest BCUT2D eigenvalue weighted by Crippen LogP contribution is 2.39. The molecule has 1 saturated carbocycles. The van der Waals surface area contributed by atoms with Crippen molar-refractivity contribution < 1.29 is 0 Å². The Hall–Kier alpha value is -0.580. The number of halogens is 3. The zero-order valence-corrected chi connectivity index (χ0v) is 12.5. The van der Waals surface area contributed by atoms with Gasteiger partial charge in [-0.25, -0.2) is 0 Å². The summed E-state index contributed by atoms with van der Waals surface area (Å²) >= 11 is 15.4. The molecule has 0 unspecified atom stereocenters. The second kappa shape index (κ2) is 4.83. The van der Waals surface area contributed by atoms with Crippen molar-refractivity contribution in [3.05, 3.63) is 33.5 Å². The van der Waals surface area contributed by atoms with Gasteiger partial charge in [0, 0.05) is 21.1 Å². The third-order valence-corrected chi connectivity index (χ3v) is 3.83. The monoisotopic (exact) mass is 345 g/mol. The summed E-state index contributed by atoms with van der Waals surface area (Å²) in [4.78, 5) is 0. The highest BCUT2D eigenvalue weighted by Gasteiger charge is 2.29. The maximum Gasteiger partial charge on any atom is 0.164 e. The van der Waals surface area contributed by atoms with Crippen LogP contribution in [0.15, 0.2) is 22.7 Å². The van der Waals surface area contributed by atoms with Crippen LogP contribution in [-0.2, 0) is 5.88 Å². The second-order valence-electron chi connectivity index (χ2n) is 4.33. The average Bonchev–Trinajstić information content (AvgIpc) is 3.07. The van der Waals surface area contributed by atoms with Crippen molar-refractivity contribution in [3.63, 3.8) is 0 Å². The number of hydrogen-bond acceptors (Lipinski definition) is 2. The van der Waals surface area contributed by atoms with E-state index in [2.05, 4.69) is 30.7 Å². The number of alkyl halides is 1. The van der Waals surface area contributed by atoms with Gasteiger partial charge in [-0.15, -0.1) is 21.8 Å². The molecule has 1 aromatic carbocycles. The highest BCUT2D eigenvalue weighted by atomic mass is 79.9. The van der Waals surface area contributed by atoms with Gasteiger partial charge in [-0.3, -0.25) is 0 Å². The molecule has 1 fully saturated rings. The van der Waals surface area contributed by atoms with E-state index >= 15 is 0 Å². The number of aromatic nitrogens is 3. The fourth-order valence-electron chi connectivity index (χ4n) is 2.01. The van der Waals surface area contributed by atoms with E-state index in [0.29, 0.717) is 16.9 Å². The predicted molar refractivity (Wildman–Crippen MR) is 76.0 cm³/mol. The minimum atomic E-state index is 0.380. The first-order valence-corrected chi connectivity index (χ1v) is 7.36. The molecule has 0 N–H and O–H groups in total. The Bertz CT molecular complexity index is 573. The summed E-state index contributed by atoms with van der Waals surface area (Å²) in [7, 11) is 0. The van der Waals surface area contributed by atoms with Crippen molar-refractivity contribution in [1.82, 2.24) is 14.8 Å². The van der Waals surface area contributed by atoms with Crippen molar-refractivity contribution in [3.8, 4) is 11.4 Å². The first kappa shape index (κ1) is 12.5. The molecule has 3 nitrogen and oxygen atoms in total. The molecular weight excluding hydrogens is 337 g/mol. The molecule has 1 aliphatic carbocycles. The van der Waals surface area contributed by atoms with Gasteiger partial charge in [0.15, 0.2) is 5.82 Å². The van der Waals surface area contributed by atoms with Crippen LogP contribution in [0.25, 0.3) is 11.4 Å². The van der Waals surface area contributed by atoms with Gasteiger partial charge in [0.05, 0.1) is 5.88 Å². The van der Waals surface area contributed by atoms with Gasteiger partial charge < -0.3 is 4.57 Å². The molecule has 0 bridgehead atoms. The minimum absolute atomic E-state index is 0.380. The van der Waals surface area contributed by atoms with Crippen LogP contribution in [0.1, 0.15) is 24.7 Å². The summed E-state index contributed by atoms with van der Waals surface area (Å²) in [6.07, 6.45) is 2.33. The van der Waals surface area contributed by atoms with Crippen LogP contribution in [0.4, 0.5) is 0 Å². The van der Waals surface area contributed by atoms with Crippen LogP contribution in [0.5, 0.6) is 0 Å². The molecule has 0 spiro atoms. The lowest BCUT2D eigenvalue weighted by atomic mass is 10.2. The zero-order chi connectivity index (χ0) is 12.7. The lowest BCUT2D eigenvalue weighted by Gasteiger charge is -2.08. The van der Waals surface area contributed by atoms with Crippen molar-refractivity contribution >= 4 is 39.1 Å². The number of benzene rings is 1. The average molecular weight is 347 g/mol. The van der Waals surface area contributed by atoms with Gasteiger partial charge in [-0.1, -0.05) is 27.5 Å². The first-order valence-electron chi connectivity index (χ1n) is 5.65. The van der Waals surface area contributed by atoms with E-state index in [9.17, 15) is 0 Å². The van der Waals surface area contributed by atoms with E-state index in [1.54, 1.807) is 0 Å². The number of rotatable bonds is 3. The molecule has 1 aromatic heterocycles. The Labute approximate surface area is 123 Å². The molecule has 0 atom stereocenters. The zero-order valence-electron chi connectivity index (χ0n) is 9.41. The van der Waals surface area contributed by atoms with Crippen LogP contribution in [-0.4, -0.2) is 14.8 Å². The van der Waals surface area contributed by atoms with E-state index in [0.717, 1.165) is 34.5 Å². The van der Waals surface area contributed by atoms with E-state index in [1.807, 2.05) is 18.2 Å². The van der Waals surface area contributed by atoms with E-state index in [1.165, 1.54) is 0 Å². The summed E-state index contributed by atoms with van der Waals surface area (Å²) in [6.45, 7) is 0. The molecule has 0 amide bonds. The van der Waals surface area contributed by atoms with E-state index < -0.39 is 0 Å². The maximum absolute atomic E-state index is 6.07. The number of hydrogen-bond donors (Lipinski definition) is 0. The van der Waals surface area contributed by atoms with Crippen LogP contribution < -0.4 is 0 Å². The van der Waals surface area contributed by atoms with Gasteiger partial charge in [-0.05, 0) is 31.0 Å². The standard InChI is InChI=1S/C12H10BrCl2N3/c13-8-3-7(4-9(15)5-8)12-17-16-11(6-14)18(12)10-1-2-10/h3-5,10H,1-2,6H2. The molecule has 6 heteroatoms. The van der Waals surface area contributed by atoms with E-state index in [4.69, 9.17) is 23.2 Å². The molecule has 94 valence electrons. The van der Waals surface area contributed by atoms with Gasteiger partial charge in [0.2, 0.25) is 0 Å². The largest absolute Gasteiger partial charge is 0.307 e. The SMILES string of the molecule is ClCc1nnc(-c2cc(Cl)cc(Br)c2)n1C1CC1. The summed E-state index contributed by atoms with van der Waals surface area (Å²) in [6, 6.07) is 6.23. The topological polar surface area (TPSA) is 30.7 Å². The summed E-state index contributed by atoms with van der Waals surface area (Å²) in [5, 5.41) is 9.08. The third-order valence-electron chi connectivity index (χ3n) is 2.92. The smallest absolute Gasteiger partial charge is 0.164 e. The second-order valence-corrected chi connectivity index (χ2v) is 5.95. The fraction of sp³-hybridized carbons (Fsp3) is 0.333. The first-order chi connectivity index (χ1) is 8.69. The summed E-state index contributed by atoms with van der Waals surface area (Å²) in [5.41, 5.74) is 0.963. The highest BCUT2D eigenvalue weighted by molar-refractivity contribution is 9.10. The predicted octanol–water partition coefficient (Wildman–Crippen LogP) is 4.43. The van der Waals surface area contributed by atoms with Gasteiger partial charge in [0.25, 0.3) is 0 Å². The van der Waals surface area contributed by atoms with Crippen molar-refractivity contribution in [2.45, 2.75) is 24.8 Å². The Morgan fingerprint density at radius 1 is 1.28 bits per heavy atom. The third kappa shape index (κ3) is 2.29. The van der Waals surface area contributed by atoms with Gasteiger partial charge >= 0.3 is 0 Å². The number of nitrogens with zero attached hydrogens (tertiary/aromatic N) is 3. The molecule has 0 radical (unpaired) electrons. The summed E-state index contributed by atoms with van der Waals surface area (Å²) in [5.74, 6) is 2.05. The molecule has 2 aromatic rings. The molecule has 18 heavy (non-hydrogen) atoms. The van der Waals surface area contributed by atoms with Crippen molar-refractivity contribution in [1.29, 1.82) is 0 Å². The molecule has 0 saturated heterocycles. The maximum atomic E-state index is 6.07. The molecule has 1 aliphatic rings. The Morgan fingerprint density at radius 2 is 2.06 bits per heavy atom.